The highest BCUT2D eigenvalue weighted by atomic mass is 32.2. The molecule has 1 aliphatic carbocycles. The minimum atomic E-state index is -3.87. The van der Waals surface area contributed by atoms with Crippen LogP contribution in [0, 0.1) is 0 Å². The van der Waals surface area contributed by atoms with E-state index < -0.39 is 20.9 Å². The number of Topliss-reactive ketones (excluding diaryl/α,β-unsaturated/α-hetero) is 1. The number of aromatic nitrogens is 2. The number of aryl methyl sites for hydroxylation is 1. The van der Waals surface area contributed by atoms with Gasteiger partial charge in [-0.25, -0.2) is 8.42 Å². The van der Waals surface area contributed by atoms with Gasteiger partial charge in [0.15, 0.2) is 10.8 Å². The number of carbonyl (C=O) groups excluding carboxylic acids is 1. The maximum Gasteiger partial charge on any atom is 0.229 e. The fraction of sp³-hybridized carbons (Fsp3) is 0.733. The van der Waals surface area contributed by atoms with Crippen LogP contribution in [0.5, 0.6) is 0 Å². The molecular weight excluding hydrogens is 318 g/mol. The first kappa shape index (κ1) is 15.3. The minimum Gasteiger partial charge on any atom is -0.347 e. The van der Waals surface area contributed by atoms with Crippen LogP contribution in [0.3, 0.4) is 0 Å². The maximum atomic E-state index is 12.9. The summed E-state index contributed by atoms with van der Waals surface area (Å²) in [5, 5.41) is 7.60. The van der Waals surface area contributed by atoms with E-state index in [1.165, 1.54) is 4.68 Å². The van der Waals surface area contributed by atoms with Crippen LogP contribution in [-0.4, -0.2) is 48.1 Å². The van der Waals surface area contributed by atoms with Crippen molar-refractivity contribution in [3.05, 3.63) is 11.8 Å². The molecule has 23 heavy (non-hydrogen) atoms. The molecular formula is C15H21N3O4S. The summed E-state index contributed by atoms with van der Waals surface area (Å²) in [4.78, 5) is 12.4. The van der Waals surface area contributed by atoms with Crippen molar-refractivity contribution in [3.63, 3.8) is 0 Å². The average molecular weight is 339 g/mol. The number of carbonyl (C=O) groups is 1. The average Bonchev–Trinajstić information content (AvgIpc) is 3.20. The summed E-state index contributed by atoms with van der Waals surface area (Å²) in [5.74, 6) is 0.0298. The van der Waals surface area contributed by atoms with Gasteiger partial charge in [-0.1, -0.05) is 0 Å². The summed E-state index contributed by atoms with van der Waals surface area (Å²) < 4.78 is 33.1. The molecule has 0 radical (unpaired) electrons. The molecule has 3 aliphatic rings. The van der Waals surface area contributed by atoms with Gasteiger partial charge in [0.05, 0.1) is 11.3 Å². The largest absolute Gasteiger partial charge is 0.347 e. The number of ether oxygens (including phenoxy) is 1. The Bertz CT molecular complexity index is 745. The highest BCUT2D eigenvalue weighted by molar-refractivity contribution is 7.92. The fourth-order valence-corrected chi connectivity index (χ4v) is 5.25. The van der Waals surface area contributed by atoms with Crippen LogP contribution in [-0.2, 0) is 26.4 Å². The topological polar surface area (TPSA) is 90.3 Å². The predicted molar refractivity (Wildman–Crippen MR) is 81.7 cm³/mol. The van der Waals surface area contributed by atoms with Crippen LogP contribution in [0.4, 0.5) is 0 Å². The Morgan fingerprint density at radius 1 is 1.35 bits per heavy atom. The lowest BCUT2D eigenvalue weighted by Crippen LogP contribution is -2.42. The molecule has 1 aromatic rings. The third-order valence-corrected chi connectivity index (χ3v) is 6.94. The van der Waals surface area contributed by atoms with Crippen molar-refractivity contribution in [2.24, 2.45) is 7.05 Å². The lowest BCUT2D eigenvalue weighted by molar-refractivity contribution is -0.119. The quantitative estimate of drug-likeness (QED) is 0.863. The summed E-state index contributed by atoms with van der Waals surface area (Å²) in [6.45, 7) is 1.50. The Morgan fingerprint density at radius 3 is 2.70 bits per heavy atom. The first-order valence-corrected chi connectivity index (χ1v) is 9.65. The van der Waals surface area contributed by atoms with Crippen LogP contribution < -0.4 is 5.32 Å². The van der Waals surface area contributed by atoms with E-state index in [4.69, 9.17) is 4.74 Å². The smallest absolute Gasteiger partial charge is 0.229 e. The van der Waals surface area contributed by atoms with Gasteiger partial charge in [-0.05, 0) is 44.8 Å². The first-order chi connectivity index (χ1) is 10.9. The number of rotatable bonds is 3. The molecule has 0 aromatic carbocycles. The van der Waals surface area contributed by atoms with Crippen molar-refractivity contribution in [2.45, 2.75) is 54.1 Å². The zero-order valence-corrected chi connectivity index (χ0v) is 13.9. The molecule has 0 bridgehead atoms. The van der Waals surface area contributed by atoms with Crippen molar-refractivity contribution in [3.8, 4) is 0 Å². The van der Waals surface area contributed by atoms with Gasteiger partial charge in [-0.2, -0.15) is 5.10 Å². The number of hydrogen-bond acceptors (Lipinski definition) is 6. The van der Waals surface area contributed by atoms with Gasteiger partial charge >= 0.3 is 0 Å². The molecule has 3 heterocycles. The summed E-state index contributed by atoms with van der Waals surface area (Å²) in [7, 11) is -2.26. The highest BCUT2D eigenvalue weighted by Gasteiger charge is 2.52. The molecule has 1 N–H and O–H groups in total. The van der Waals surface area contributed by atoms with Crippen LogP contribution in [0.2, 0.25) is 0 Å². The third kappa shape index (κ3) is 2.53. The number of piperidine rings is 1. The molecule has 2 aliphatic heterocycles. The second-order valence-corrected chi connectivity index (χ2v) is 8.81. The highest BCUT2D eigenvalue weighted by Crippen LogP contribution is 2.42. The lowest BCUT2D eigenvalue weighted by Gasteiger charge is -2.32. The van der Waals surface area contributed by atoms with Crippen molar-refractivity contribution >= 4 is 15.6 Å². The molecule has 7 nitrogen and oxygen atoms in total. The molecule has 3 fully saturated rings. The van der Waals surface area contributed by atoms with Gasteiger partial charge in [-0.15, -0.1) is 0 Å². The van der Waals surface area contributed by atoms with Crippen molar-refractivity contribution in [2.75, 3.05) is 13.1 Å². The summed E-state index contributed by atoms with van der Waals surface area (Å²) in [6, 6.07) is 1.61. The molecule has 4 rings (SSSR count). The van der Waals surface area contributed by atoms with E-state index in [0.29, 0.717) is 18.8 Å². The molecule has 0 amide bonds. The standard InChI is InChI=1S/C15H21N3O4S/c1-18-13(8-11(17-18)10-2-3-10)23(20,21)14-12(19)9-15(22-14)4-6-16-7-5-15/h8,10,14,16H,2-7,9H2,1H3. The Labute approximate surface area is 135 Å². The lowest BCUT2D eigenvalue weighted by atomic mass is 9.89. The second kappa shape index (κ2) is 5.12. The molecule has 1 saturated carbocycles. The van der Waals surface area contributed by atoms with Crippen LogP contribution in [0.1, 0.15) is 43.7 Å². The Kier molecular flexibility index (Phi) is 3.40. The van der Waals surface area contributed by atoms with Gasteiger partial charge in [0.1, 0.15) is 0 Å². The number of nitrogens with zero attached hydrogens (tertiary/aromatic N) is 2. The number of ketones is 1. The fourth-order valence-electron chi connectivity index (χ4n) is 3.57. The number of sulfone groups is 1. The van der Waals surface area contributed by atoms with E-state index in [9.17, 15) is 13.2 Å². The first-order valence-electron chi connectivity index (χ1n) is 8.10. The van der Waals surface area contributed by atoms with Crippen LogP contribution in [0.25, 0.3) is 0 Å². The zero-order valence-electron chi connectivity index (χ0n) is 13.1. The van der Waals surface area contributed by atoms with E-state index in [2.05, 4.69) is 10.4 Å². The maximum absolute atomic E-state index is 12.9. The van der Waals surface area contributed by atoms with Gasteiger partial charge in [0, 0.05) is 19.4 Å². The van der Waals surface area contributed by atoms with Crippen LogP contribution in [0.15, 0.2) is 11.1 Å². The Balaban J connectivity index is 1.64. The summed E-state index contributed by atoms with van der Waals surface area (Å²) in [6.07, 6.45) is 3.62. The van der Waals surface area contributed by atoms with E-state index in [1.807, 2.05) is 0 Å². The minimum absolute atomic E-state index is 0.0868. The number of hydrogen-bond donors (Lipinski definition) is 1. The Morgan fingerprint density at radius 2 is 2.04 bits per heavy atom. The number of nitrogens with one attached hydrogen (secondary N) is 1. The van der Waals surface area contributed by atoms with Crippen molar-refractivity contribution < 1.29 is 17.9 Å². The van der Waals surface area contributed by atoms with Crippen molar-refractivity contribution in [1.29, 1.82) is 0 Å². The molecule has 8 heteroatoms. The molecule has 1 atom stereocenters. The summed E-state index contributed by atoms with van der Waals surface area (Å²) >= 11 is 0. The van der Waals surface area contributed by atoms with E-state index in [1.54, 1.807) is 13.1 Å². The van der Waals surface area contributed by atoms with E-state index >= 15 is 0 Å². The van der Waals surface area contributed by atoms with Gasteiger partial charge < -0.3 is 10.1 Å². The monoisotopic (exact) mass is 339 g/mol. The molecule has 1 aromatic heterocycles. The second-order valence-electron chi connectivity index (χ2n) is 6.88. The van der Waals surface area contributed by atoms with Crippen LogP contribution >= 0.6 is 0 Å². The molecule has 1 spiro atoms. The predicted octanol–water partition coefficient (Wildman–Crippen LogP) is 0.509. The zero-order chi connectivity index (χ0) is 16.2. The van der Waals surface area contributed by atoms with E-state index in [-0.39, 0.29) is 17.2 Å². The molecule has 1 unspecified atom stereocenters. The summed E-state index contributed by atoms with van der Waals surface area (Å²) in [5.41, 5.74) is -1.20. The normalized spacial score (nSPS) is 27.7. The SMILES string of the molecule is Cn1nc(C2CC2)cc1S(=O)(=O)C1OC2(CCNCC2)CC1=O. The van der Waals surface area contributed by atoms with Crippen molar-refractivity contribution in [1.82, 2.24) is 15.1 Å². The third-order valence-electron chi connectivity index (χ3n) is 5.06. The molecule has 2 saturated heterocycles. The Hall–Kier alpha value is -1.25. The van der Waals surface area contributed by atoms with Gasteiger partial charge in [0.25, 0.3) is 0 Å². The van der Waals surface area contributed by atoms with Gasteiger partial charge in [-0.3, -0.25) is 9.48 Å². The van der Waals surface area contributed by atoms with Gasteiger partial charge in [0.2, 0.25) is 15.3 Å². The molecule has 126 valence electrons. The van der Waals surface area contributed by atoms with E-state index in [0.717, 1.165) is 31.6 Å².